The van der Waals surface area contributed by atoms with E-state index in [0.717, 1.165) is 46.4 Å². The molecular weight excluding hydrogens is 332 g/mol. The Kier molecular flexibility index (Phi) is 4.12. The van der Waals surface area contributed by atoms with E-state index in [2.05, 4.69) is 39.6 Å². The van der Waals surface area contributed by atoms with E-state index in [4.69, 9.17) is 17.3 Å². The summed E-state index contributed by atoms with van der Waals surface area (Å²) in [5, 5.41) is 5.97. The first kappa shape index (κ1) is 15.7. The Bertz CT molecular complexity index is 985. The molecule has 1 aliphatic rings. The molecule has 0 bridgehead atoms. The summed E-state index contributed by atoms with van der Waals surface area (Å²) < 4.78 is 0. The molecule has 0 amide bonds. The maximum absolute atomic E-state index is 6.14. The highest BCUT2D eigenvalue weighted by molar-refractivity contribution is 6.31. The van der Waals surface area contributed by atoms with Crippen molar-refractivity contribution in [1.82, 2.24) is 10.3 Å². The molecule has 0 unspecified atom stereocenters. The fourth-order valence-corrected chi connectivity index (χ4v) is 3.09. The zero-order valence-corrected chi connectivity index (χ0v) is 14.3. The Morgan fingerprint density at radius 1 is 1.08 bits per heavy atom. The Morgan fingerprint density at radius 3 is 2.68 bits per heavy atom. The van der Waals surface area contributed by atoms with E-state index in [1.165, 1.54) is 0 Å². The molecule has 4 nitrogen and oxygen atoms in total. The highest BCUT2D eigenvalue weighted by Crippen LogP contribution is 2.27. The predicted octanol–water partition coefficient (Wildman–Crippen LogP) is 3.99. The average molecular weight is 349 g/mol. The number of benzene rings is 2. The zero-order valence-electron chi connectivity index (χ0n) is 13.5. The van der Waals surface area contributed by atoms with E-state index in [9.17, 15) is 0 Å². The molecule has 0 atom stereocenters. The van der Waals surface area contributed by atoms with Crippen LogP contribution in [0.4, 0.5) is 5.82 Å². The van der Waals surface area contributed by atoms with Crippen molar-refractivity contribution < 1.29 is 0 Å². The van der Waals surface area contributed by atoms with Crippen LogP contribution in [0.5, 0.6) is 0 Å². The van der Waals surface area contributed by atoms with Gasteiger partial charge in [0.1, 0.15) is 11.7 Å². The van der Waals surface area contributed by atoms with Crippen molar-refractivity contribution in [3.8, 4) is 0 Å². The number of nitrogen functional groups attached to an aromatic ring is 1. The summed E-state index contributed by atoms with van der Waals surface area (Å²) in [6.45, 7) is 1.75. The lowest BCUT2D eigenvalue weighted by Gasteiger charge is -2.06. The molecule has 3 N–H and O–H groups in total. The molecular formula is C20H17ClN4. The SMILES string of the molecule is Nc1ncc2ccc(Cl)cc2c1/C=C\c1ccc(C2=NCCN2)cc1. The molecule has 1 aliphatic heterocycles. The quantitative estimate of drug-likeness (QED) is 0.752. The number of nitrogens with two attached hydrogens (primary N) is 1. The maximum atomic E-state index is 6.14. The number of hydrogen-bond acceptors (Lipinski definition) is 4. The fraction of sp³-hybridized carbons (Fsp3) is 0.100. The first-order chi connectivity index (χ1) is 12.2. The normalized spacial score (nSPS) is 14.0. The van der Waals surface area contributed by atoms with Crippen LogP contribution in [0.25, 0.3) is 22.9 Å². The van der Waals surface area contributed by atoms with Crippen LogP contribution in [0.3, 0.4) is 0 Å². The molecule has 0 spiro atoms. The number of fused-ring (bicyclic) bond motifs is 1. The third-order valence-corrected chi connectivity index (χ3v) is 4.46. The first-order valence-corrected chi connectivity index (χ1v) is 8.49. The predicted molar refractivity (Wildman–Crippen MR) is 106 cm³/mol. The molecule has 0 saturated heterocycles. The Hall–Kier alpha value is -2.85. The number of pyridine rings is 1. The Morgan fingerprint density at radius 2 is 1.92 bits per heavy atom. The van der Waals surface area contributed by atoms with Crippen LogP contribution in [0.2, 0.25) is 5.02 Å². The zero-order chi connectivity index (χ0) is 17.2. The minimum Gasteiger partial charge on any atom is -0.383 e. The summed E-state index contributed by atoms with van der Waals surface area (Å²) in [5.41, 5.74) is 9.15. The lowest BCUT2D eigenvalue weighted by atomic mass is 10.0. The molecule has 0 radical (unpaired) electrons. The van der Waals surface area contributed by atoms with Crippen molar-refractivity contribution >= 4 is 46.2 Å². The number of amidine groups is 1. The minimum absolute atomic E-state index is 0.493. The van der Waals surface area contributed by atoms with E-state index in [1.807, 2.05) is 30.4 Å². The van der Waals surface area contributed by atoms with Crippen LogP contribution in [0.1, 0.15) is 16.7 Å². The number of nitrogens with zero attached hydrogens (tertiary/aromatic N) is 2. The van der Waals surface area contributed by atoms with Gasteiger partial charge in [-0.25, -0.2) is 4.98 Å². The number of halogens is 1. The van der Waals surface area contributed by atoms with E-state index in [0.29, 0.717) is 10.8 Å². The monoisotopic (exact) mass is 348 g/mol. The number of hydrogen-bond donors (Lipinski definition) is 2. The lowest BCUT2D eigenvalue weighted by molar-refractivity contribution is 0.960. The standard InChI is InChI=1S/C20H17ClN4/c21-16-7-6-15-12-25-19(22)17(18(15)11-16)8-3-13-1-4-14(5-2-13)20-23-9-10-24-20/h1-8,11-12H,9-10H2,(H2,22,25)(H,23,24)/b8-3-. The molecule has 2 heterocycles. The van der Waals surface area contributed by atoms with Gasteiger partial charge in [-0.05, 0) is 23.1 Å². The molecule has 0 fully saturated rings. The number of aliphatic imine (C=N–C) groups is 1. The van der Waals surface area contributed by atoms with E-state index < -0.39 is 0 Å². The molecule has 3 aromatic rings. The number of aromatic nitrogens is 1. The number of rotatable bonds is 3. The lowest BCUT2D eigenvalue weighted by Crippen LogP contribution is -2.19. The highest BCUT2D eigenvalue weighted by atomic mass is 35.5. The van der Waals surface area contributed by atoms with Crippen LogP contribution in [0.15, 0.2) is 53.7 Å². The van der Waals surface area contributed by atoms with Crippen LogP contribution in [0, 0.1) is 0 Å². The second-order valence-electron chi connectivity index (χ2n) is 5.90. The number of anilines is 1. The van der Waals surface area contributed by atoms with Gasteiger partial charge < -0.3 is 11.1 Å². The van der Waals surface area contributed by atoms with Crippen molar-refractivity contribution in [2.24, 2.45) is 4.99 Å². The van der Waals surface area contributed by atoms with Crippen LogP contribution < -0.4 is 11.1 Å². The highest BCUT2D eigenvalue weighted by Gasteiger charge is 2.07. The van der Waals surface area contributed by atoms with Crippen molar-refractivity contribution in [2.75, 3.05) is 18.8 Å². The fourth-order valence-electron chi connectivity index (χ4n) is 2.92. The van der Waals surface area contributed by atoms with Crippen molar-refractivity contribution in [3.05, 3.63) is 70.4 Å². The Balaban J connectivity index is 1.66. The average Bonchev–Trinajstić information content (AvgIpc) is 3.16. The van der Waals surface area contributed by atoms with E-state index in [-0.39, 0.29) is 0 Å². The summed E-state index contributed by atoms with van der Waals surface area (Å²) in [4.78, 5) is 8.71. The Labute approximate surface area is 151 Å². The van der Waals surface area contributed by atoms with Gasteiger partial charge in [0.2, 0.25) is 0 Å². The molecule has 2 aromatic carbocycles. The molecule has 124 valence electrons. The van der Waals surface area contributed by atoms with Gasteiger partial charge in [-0.1, -0.05) is 54.1 Å². The van der Waals surface area contributed by atoms with Gasteiger partial charge in [-0.2, -0.15) is 0 Å². The second kappa shape index (κ2) is 6.57. The van der Waals surface area contributed by atoms with Gasteiger partial charge in [0, 0.05) is 34.3 Å². The maximum Gasteiger partial charge on any atom is 0.131 e. The molecule has 25 heavy (non-hydrogen) atoms. The van der Waals surface area contributed by atoms with Crippen LogP contribution in [-0.2, 0) is 0 Å². The van der Waals surface area contributed by atoms with Gasteiger partial charge in [0.15, 0.2) is 0 Å². The summed E-state index contributed by atoms with van der Waals surface area (Å²) >= 11 is 6.14. The summed E-state index contributed by atoms with van der Waals surface area (Å²) in [6.07, 6.45) is 5.78. The van der Waals surface area contributed by atoms with Crippen molar-refractivity contribution in [3.63, 3.8) is 0 Å². The van der Waals surface area contributed by atoms with E-state index >= 15 is 0 Å². The molecule has 4 rings (SSSR count). The molecule has 5 heteroatoms. The summed E-state index contributed by atoms with van der Waals surface area (Å²) in [7, 11) is 0. The smallest absolute Gasteiger partial charge is 0.131 e. The third-order valence-electron chi connectivity index (χ3n) is 4.22. The molecule has 0 aliphatic carbocycles. The first-order valence-electron chi connectivity index (χ1n) is 8.11. The van der Waals surface area contributed by atoms with Crippen molar-refractivity contribution in [1.29, 1.82) is 0 Å². The van der Waals surface area contributed by atoms with Gasteiger partial charge in [-0.15, -0.1) is 0 Å². The van der Waals surface area contributed by atoms with Gasteiger partial charge in [0.05, 0.1) is 6.54 Å². The van der Waals surface area contributed by atoms with E-state index in [1.54, 1.807) is 6.20 Å². The largest absolute Gasteiger partial charge is 0.383 e. The molecule has 1 aromatic heterocycles. The topological polar surface area (TPSA) is 63.3 Å². The van der Waals surface area contributed by atoms with Crippen LogP contribution >= 0.6 is 11.6 Å². The van der Waals surface area contributed by atoms with Gasteiger partial charge in [0.25, 0.3) is 0 Å². The van der Waals surface area contributed by atoms with Gasteiger partial charge in [-0.3, -0.25) is 4.99 Å². The second-order valence-corrected chi connectivity index (χ2v) is 6.34. The third kappa shape index (κ3) is 3.21. The van der Waals surface area contributed by atoms with Gasteiger partial charge >= 0.3 is 0 Å². The van der Waals surface area contributed by atoms with Crippen LogP contribution in [-0.4, -0.2) is 23.9 Å². The minimum atomic E-state index is 0.493. The number of nitrogens with one attached hydrogen (secondary N) is 1. The van der Waals surface area contributed by atoms with Crippen molar-refractivity contribution in [2.45, 2.75) is 0 Å². The summed E-state index contributed by atoms with van der Waals surface area (Å²) in [5.74, 6) is 1.46. The summed E-state index contributed by atoms with van der Waals surface area (Å²) in [6, 6.07) is 14.0. The molecule has 0 saturated carbocycles.